The second-order valence-electron chi connectivity index (χ2n) is 11.7. The molecule has 2 bridgehead atoms. The van der Waals surface area contributed by atoms with E-state index in [1.165, 1.54) is 4.90 Å². The van der Waals surface area contributed by atoms with Gasteiger partial charge in [0, 0.05) is 19.5 Å². The molecule has 1 spiro atoms. The van der Waals surface area contributed by atoms with E-state index in [1.807, 2.05) is 37.3 Å². The highest BCUT2D eigenvalue weighted by Gasteiger charge is 2.75. The topological polar surface area (TPSA) is 125 Å². The van der Waals surface area contributed by atoms with E-state index < -0.39 is 47.7 Å². The average Bonchev–Trinajstić information content (AvgIpc) is 3.67. The Morgan fingerprint density at radius 1 is 1.26 bits per heavy atom. The van der Waals surface area contributed by atoms with Crippen LogP contribution in [0.25, 0.3) is 0 Å². The summed E-state index contributed by atoms with van der Waals surface area (Å²) in [6, 6.07) is 7.50. The van der Waals surface area contributed by atoms with Gasteiger partial charge in [0.25, 0.3) is 0 Å². The number of benzene rings is 1. The number of carbonyl (C=O) groups is 4. The number of nitrogens with one attached hydrogen (secondary N) is 1. The maximum atomic E-state index is 14.2. The maximum absolute atomic E-state index is 14.2. The van der Waals surface area contributed by atoms with Crippen molar-refractivity contribution >= 4 is 23.7 Å². The van der Waals surface area contributed by atoms with E-state index in [4.69, 9.17) is 9.47 Å². The van der Waals surface area contributed by atoms with Crippen LogP contribution in [0.5, 0.6) is 0 Å². The Labute approximate surface area is 254 Å². The number of hydrogen-bond donors (Lipinski definition) is 2. The molecule has 1 aromatic rings. The zero-order valence-corrected chi connectivity index (χ0v) is 25.3. The molecular formula is C33H45N3O7. The van der Waals surface area contributed by atoms with Crippen LogP contribution in [0.15, 0.2) is 55.6 Å². The van der Waals surface area contributed by atoms with Gasteiger partial charge in [-0.3, -0.25) is 19.2 Å². The predicted molar refractivity (Wildman–Crippen MR) is 160 cm³/mol. The van der Waals surface area contributed by atoms with E-state index in [0.717, 1.165) is 12.8 Å². The molecule has 3 heterocycles. The summed E-state index contributed by atoms with van der Waals surface area (Å²) in [6.45, 7) is 11.7. The summed E-state index contributed by atoms with van der Waals surface area (Å²) >= 11 is 0. The van der Waals surface area contributed by atoms with Crippen molar-refractivity contribution in [1.29, 1.82) is 0 Å². The number of rotatable bonds is 16. The number of carbonyl (C=O) groups excluding carboxylic acids is 4. The molecule has 10 nitrogen and oxygen atoms in total. The summed E-state index contributed by atoms with van der Waals surface area (Å²) in [5.74, 6) is -3.27. The van der Waals surface area contributed by atoms with Gasteiger partial charge in [0.15, 0.2) is 0 Å². The Hall–Kier alpha value is -3.50. The molecule has 0 aliphatic carbocycles. The van der Waals surface area contributed by atoms with Gasteiger partial charge in [0.1, 0.15) is 17.7 Å². The lowest BCUT2D eigenvalue weighted by Crippen LogP contribution is -2.58. The van der Waals surface area contributed by atoms with Gasteiger partial charge in [-0.15, -0.1) is 13.2 Å². The van der Waals surface area contributed by atoms with Crippen LogP contribution in [-0.2, 0) is 28.7 Å². The Bertz CT molecular complexity index is 1190. The molecule has 7 atom stereocenters. The van der Waals surface area contributed by atoms with E-state index >= 15 is 0 Å². The number of amides is 3. The number of aliphatic hydroxyl groups is 1. The molecule has 4 rings (SSSR count). The molecule has 3 saturated heterocycles. The number of esters is 1. The zero-order chi connectivity index (χ0) is 31.1. The summed E-state index contributed by atoms with van der Waals surface area (Å²) in [5.41, 5.74) is -0.491. The molecule has 0 saturated carbocycles. The standard InChI is InChI=1S/C33H45N3O7/c1-5-8-15-26(38)34-20-25(23-13-11-10-12-14-23)42-32(41)27-24-16-17-33(43-24)28(27)30(39)36(22(4)21-37)29(33)31(40)35(18-7-3)19-9-6-2/h5,7,10-14,22,24-25,27-29,37H,1,3,6,8-9,15-21H2,2,4H3,(H,34,38)/t22-,24+,25-,27-,28-,29+,33-/m1/s1. The van der Waals surface area contributed by atoms with E-state index in [-0.39, 0.29) is 37.3 Å². The minimum Gasteiger partial charge on any atom is -0.455 e. The number of allylic oxidation sites excluding steroid dienone is 1. The van der Waals surface area contributed by atoms with Crippen molar-refractivity contribution in [3.8, 4) is 0 Å². The molecule has 3 aliphatic heterocycles. The molecule has 3 amide bonds. The van der Waals surface area contributed by atoms with Crippen molar-refractivity contribution in [3.05, 3.63) is 61.2 Å². The molecule has 234 valence electrons. The lowest BCUT2D eigenvalue weighted by atomic mass is 9.70. The van der Waals surface area contributed by atoms with Gasteiger partial charge in [-0.1, -0.05) is 55.8 Å². The molecule has 1 aromatic carbocycles. The molecule has 0 unspecified atom stereocenters. The second-order valence-corrected chi connectivity index (χ2v) is 11.7. The summed E-state index contributed by atoms with van der Waals surface area (Å²) < 4.78 is 12.6. The largest absolute Gasteiger partial charge is 0.455 e. The minimum atomic E-state index is -1.20. The Morgan fingerprint density at radius 2 is 2.00 bits per heavy atom. The number of ether oxygens (including phenoxy) is 2. The molecule has 3 aliphatic rings. The van der Waals surface area contributed by atoms with Crippen LogP contribution < -0.4 is 5.32 Å². The van der Waals surface area contributed by atoms with Gasteiger partial charge in [-0.05, 0) is 38.2 Å². The van der Waals surface area contributed by atoms with Gasteiger partial charge in [0.05, 0.1) is 37.1 Å². The van der Waals surface area contributed by atoms with Crippen LogP contribution >= 0.6 is 0 Å². The van der Waals surface area contributed by atoms with E-state index in [0.29, 0.717) is 37.9 Å². The summed E-state index contributed by atoms with van der Waals surface area (Å²) in [4.78, 5) is 57.7. The lowest BCUT2D eigenvalue weighted by molar-refractivity contribution is -0.161. The summed E-state index contributed by atoms with van der Waals surface area (Å²) in [7, 11) is 0. The van der Waals surface area contributed by atoms with Crippen molar-refractivity contribution in [1.82, 2.24) is 15.1 Å². The first-order valence-electron chi connectivity index (χ1n) is 15.4. The fourth-order valence-electron chi connectivity index (χ4n) is 6.81. The molecular weight excluding hydrogens is 550 g/mol. The molecule has 0 aromatic heterocycles. The number of aliphatic hydroxyl groups excluding tert-OH is 1. The minimum absolute atomic E-state index is 0.0659. The van der Waals surface area contributed by atoms with Crippen LogP contribution in [0.1, 0.15) is 64.0 Å². The number of unbranched alkanes of at least 4 members (excludes halogenated alkanes) is 1. The molecule has 3 fully saturated rings. The maximum Gasteiger partial charge on any atom is 0.313 e. The van der Waals surface area contributed by atoms with Gasteiger partial charge in [0.2, 0.25) is 17.7 Å². The number of nitrogens with zero attached hydrogens (tertiary/aromatic N) is 2. The SMILES string of the molecule is C=CCCC(=O)NC[C@@H](OC(=O)[C@@H]1[C@@H]2CC[C@]3(O2)[C@H](C(=O)N(CC=C)CCCC)N([C@H](C)CO)C(=O)[C@@H]13)c1ccccc1. The number of fused-ring (bicyclic) bond motifs is 1. The monoisotopic (exact) mass is 595 g/mol. The van der Waals surface area contributed by atoms with Crippen LogP contribution in [0.4, 0.5) is 0 Å². The van der Waals surface area contributed by atoms with Gasteiger partial charge in [-0.2, -0.15) is 0 Å². The fraction of sp³-hybridized carbons (Fsp3) is 0.576. The van der Waals surface area contributed by atoms with Gasteiger partial charge < -0.3 is 29.7 Å². The number of hydrogen-bond acceptors (Lipinski definition) is 7. The highest BCUT2D eigenvalue weighted by molar-refractivity contribution is 5.98. The molecule has 43 heavy (non-hydrogen) atoms. The quantitative estimate of drug-likeness (QED) is 0.222. The zero-order valence-electron chi connectivity index (χ0n) is 25.3. The Balaban J connectivity index is 1.62. The fourth-order valence-corrected chi connectivity index (χ4v) is 6.81. The smallest absolute Gasteiger partial charge is 0.313 e. The highest BCUT2D eigenvalue weighted by atomic mass is 16.6. The first-order valence-corrected chi connectivity index (χ1v) is 15.4. The van der Waals surface area contributed by atoms with Crippen LogP contribution in [-0.4, -0.2) is 88.6 Å². The van der Waals surface area contributed by atoms with E-state index in [2.05, 4.69) is 18.5 Å². The van der Waals surface area contributed by atoms with Crippen LogP contribution in [0.3, 0.4) is 0 Å². The van der Waals surface area contributed by atoms with Crippen molar-refractivity contribution < 1.29 is 33.8 Å². The first-order chi connectivity index (χ1) is 20.7. The van der Waals surface area contributed by atoms with Crippen molar-refractivity contribution in [3.63, 3.8) is 0 Å². The third kappa shape index (κ3) is 6.40. The van der Waals surface area contributed by atoms with Crippen molar-refractivity contribution in [2.75, 3.05) is 26.2 Å². The van der Waals surface area contributed by atoms with Crippen LogP contribution in [0, 0.1) is 11.8 Å². The third-order valence-corrected chi connectivity index (χ3v) is 8.92. The normalized spacial score (nSPS) is 26.9. The average molecular weight is 596 g/mol. The Kier molecular flexibility index (Phi) is 10.8. The second kappa shape index (κ2) is 14.3. The van der Waals surface area contributed by atoms with E-state index in [9.17, 15) is 24.3 Å². The lowest BCUT2D eigenvalue weighted by Gasteiger charge is -2.38. The third-order valence-electron chi connectivity index (χ3n) is 8.92. The van der Waals surface area contributed by atoms with Crippen molar-refractivity contribution in [2.45, 2.75) is 82.3 Å². The first kappa shape index (κ1) is 32.4. The molecule has 2 N–H and O–H groups in total. The molecule has 10 heteroatoms. The molecule has 0 radical (unpaired) electrons. The van der Waals surface area contributed by atoms with Crippen molar-refractivity contribution in [2.24, 2.45) is 11.8 Å². The Morgan fingerprint density at radius 3 is 2.65 bits per heavy atom. The summed E-state index contributed by atoms with van der Waals surface area (Å²) in [6.07, 6.45) is 5.38. The van der Waals surface area contributed by atoms with Crippen LogP contribution in [0.2, 0.25) is 0 Å². The number of likely N-dealkylation sites (tertiary alicyclic amines) is 1. The highest BCUT2D eigenvalue weighted by Crippen LogP contribution is 2.59. The van der Waals surface area contributed by atoms with Gasteiger partial charge in [-0.25, -0.2) is 0 Å². The summed E-state index contributed by atoms with van der Waals surface area (Å²) in [5, 5.41) is 12.9. The van der Waals surface area contributed by atoms with E-state index in [1.54, 1.807) is 24.0 Å². The predicted octanol–water partition coefficient (Wildman–Crippen LogP) is 2.92. The van der Waals surface area contributed by atoms with Gasteiger partial charge >= 0.3 is 5.97 Å².